The minimum absolute atomic E-state index is 0.815. The van der Waals surface area contributed by atoms with Crippen LogP contribution in [0.5, 0.6) is 0 Å². The van der Waals surface area contributed by atoms with E-state index in [0.29, 0.717) is 0 Å². The molecule has 3 heteroatoms. The van der Waals surface area contributed by atoms with Crippen LogP contribution < -0.4 is 5.32 Å². The molecule has 0 saturated heterocycles. The summed E-state index contributed by atoms with van der Waals surface area (Å²) >= 11 is 2.06. The van der Waals surface area contributed by atoms with Gasteiger partial charge in [-0.25, -0.2) is 0 Å². The average molecular weight is 238 g/mol. The van der Waals surface area contributed by atoms with Crippen molar-refractivity contribution < 1.29 is 0 Å². The Bertz CT molecular complexity index is 262. The lowest BCUT2D eigenvalue weighted by Gasteiger charge is -2.06. The van der Waals surface area contributed by atoms with Crippen LogP contribution >= 0.6 is 11.8 Å². The second kappa shape index (κ2) is 8.59. The first-order valence-electron chi connectivity index (χ1n) is 5.96. The molecule has 0 unspecified atom stereocenters. The van der Waals surface area contributed by atoms with Gasteiger partial charge in [0.1, 0.15) is 0 Å². The van der Waals surface area contributed by atoms with E-state index in [1.165, 1.54) is 23.5 Å². The van der Waals surface area contributed by atoms with Gasteiger partial charge in [-0.05, 0) is 48.1 Å². The largest absolute Gasteiger partial charge is 0.313 e. The number of hydrogen-bond donors (Lipinski definition) is 1. The molecule has 0 aliphatic rings. The Labute approximate surface area is 103 Å². The highest BCUT2D eigenvalue weighted by molar-refractivity contribution is 7.99. The zero-order valence-corrected chi connectivity index (χ0v) is 11.1. The molecule has 0 aromatic carbocycles. The molecule has 2 nitrogen and oxygen atoms in total. The van der Waals surface area contributed by atoms with Crippen molar-refractivity contribution in [2.45, 2.75) is 26.8 Å². The highest BCUT2D eigenvalue weighted by Crippen LogP contribution is 2.08. The Morgan fingerprint density at radius 3 is 2.75 bits per heavy atom. The summed E-state index contributed by atoms with van der Waals surface area (Å²) in [6, 6.07) is 4.11. The molecule has 0 atom stereocenters. The standard InChI is InChI=1S/C13H22N2S/c1-12(2)11-16-9-3-6-15-10-13-4-7-14-8-5-13/h4-5,7-8,12,15H,3,6,9-11H2,1-2H3. The minimum atomic E-state index is 0.815. The van der Waals surface area contributed by atoms with Crippen molar-refractivity contribution in [3.05, 3.63) is 30.1 Å². The van der Waals surface area contributed by atoms with Crippen molar-refractivity contribution in [2.75, 3.05) is 18.1 Å². The molecule has 0 aliphatic heterocycles. The van der Waals surface area contributed by atoms with Gasteiger partial charge in [-0.1, -0.05) is 13.8 Å². The maximum atomic E-state index is 4.00. The van der Waals surface area contributed by atoms with Crippen LogP contribution in [-0.2, 0) is 6.54 Å². The summed E-state index contributed by atoms with van der Waals surface area (Å²) in [5.41, 5.74) is 1.31. The van der Waals surface area contributed by atoms with Gasteiger partial charge in [0, 0.05) is 18.9 Å². The van der Waals surface area contributed by atoms with Crippen molar-refractivity contribution in [2.24, 2.45) is 5.92 Å². The molecule has 16 heavy (non-hydrogen) atoms. The van der Waals surface area contributed by atoms with Gasteiger partial charge < -0.3 is 5.32 Å². The third kappa shape index (κ3) is 6.85. The molecule has 0 aliphatic carbocycles. The number of rotatable bonds is 8. The van der Waals surface area contributed by atoms with Crippen LogP contribution in [0.3, 0.4) is 0 Å². The highest BCUT2D eigenvalue weighted by Gasteiger charge is 1.94. The highest BCUT2D eigenvalue weighted by atomic mass is 32.2. The molecule has 0 amide bonds. The topological polar surface area (TPSA) is 24.9 Å². The second-order valence-electron chi connectivity index (χ2n) is 4.35. The Hall–Kier alpha value is -0.540. The van der Waals surface area contributed by atoms with Crippen LogP contribution in [0.1, 0.15) is 25.8 Å². The third-order valence-electron chi connectivity index (χ3n) is 2.17. The van der Waals surface area contributed by atoms with Gasteiger partial charge in [0.15, 0.2) is 0 Å². The molecule has 1 N–H and O–H groups in total. The monoisotopic (exact) mass is 238 g/mol. The summed E-state index contributed by atoms with van der Waals surface area (Å²) in [6.07, 6.45) is 4.94. The molecule has 0 fully saturated rings. The molecule has 1 aromatic rings. The molecule has 1 aromatic heterocycles. The first-order chi connectivity index (χ1) is 7.79. The van der Waals surface area contributed by atoms with Gasteiger partial charge in [-0.2, -0.15) is 11.8 Å². The molecular weight excluding hydrogens is 216 g/mol. The van der Waals surface area contributed by atoms with Crippen molar-refractivity contribution in [3.8, 4) is 0 Å². The zero-order chi connectivity index (χ0) is 11.6. The van der Waals surface area contributed by atoms with E-state index in [-0.39, 0.29) is 0 Å². The van der Waals surface area contributed by atoms with Crippen LogP contribution in [0.25, 0.3) is 0 Å². The van der Waals surface area contributed by atoms with E-state index in [2.05, 4.69) is 48.0 Å². The van der Waals surface area contributed by atoms with Crippen molar-refractivity contribution in [1.82, 2.24) is 10.3 Å². The van der Waals surface area contributed by atoms with Gasteiger partial charge in [0.2, 0.25) is 0 Å². The number of nitrogens with zero attached hydrogens (tertiary/aromatic N) is 1. The fraction of sp³-hybridized carbons (Fsp3) is 0.615. The predicted octanol–water partition coefficient (Wildman–Crippen LogP) is 2.95. The number of pyridine rings is 1. The summed E-state index contributed by atoms with van der Waals surface area (Å²) in [4.78, 5) is 4.00. The van der Waals surface area contributed by atoms with E-state index in [4.69, 9.17) is 0 Å². The summed E-state index contributed by atoms with van der Waals surface area (Å²) in [5.74, 6) is 3.36. The van der Waals surface area contributed by atoms with Crippen molar-refractivity contribution in [3.63, 3.8) is 0 Å². The smallest absolute Gasteiger partial charge is 0.0271 e. The molecule has 1 rings (SSSR count). The van der Waals surface area contributed by atoms with Gasteiger partial charge in [-0.15, -0.1) is 0 Å². The molecular formula is C13H22N2S. The lowest BCUT2D eigenvalue weighted by molar-refractivity contribution is 0.677. The number of aromatic nitrogens is 1. The molecule has 90 valence electrons. The SMILES string of the molecule is CC(C)CSCCCNCc1ccncc1. The Balaban J connectivity index is 1.93. The molecule has 0 saturated carbocycles. The number of hydrogen-bond acceptors (Lipinski definition) is 3. The van der Waals surface area contributed by atoms with Gasteiger partial charge in [0.05, 0.1) is 0 Å². The minimum Gasteiger partial charge on any atom is -0.313 e. The van der Waals surface area contributed by atoms with E-state index in [1.54, 1.807) is 0 Å². The lowest BCUT2D eigenvalue weighted by Crippen LogP contribution is -2.15. The molecule has 0 bridgehead atoms. The van der Waals surface area contributed by atoms with Crippen LogP contribution in [0.4, 0.5) is 0 Å². The normalized spacial score (nSPS) is 10.9. The van der Waals surface area contributed by atoms with Crippen LogP contribution in [0, 0.1) is 5.92 Å². The lowest BCUT2D eigenvalue weighted by atomic mass is 10.3. The second-order valence-corrected chi connectivity index (χ2v) is 5.50. The summed E-state index contributed by atoms with van der Waals surface area (Å²) in [5, 5.41) is 3.45. The van der Waals surface area contributed by atoms with Crippen LogP contribution in [0.15, 0.2) is 24.5 Å². The van der Waals surface area contributed by atoms with Gasteiger partial charge >= 0.3 is 0 Å². The fourth-order valence-electron chi connectivity index (χ4n) is 1.35. The zero-order valence-electron chi connectivity index (χ0n) is 10.3. The van der Waals surface area contributed by atoms with E-state index >= 15 is 0 Å². The van der Waals surface area contributed by atoms with E-state index < -0.39 is 0 Å². The quantitative estimate of drug-likeness (QED) is 0.705. The maximum Gasteiger partial charge on any atom is 0.0271 e. The van der Waals surface area contributed by atoms with E-state index in [0.717, 1.165) is 19.0 Å². The fourth-order valence-corrected chi connectivity index (χ4v) is 2.34. The van der Waals surface area contributed by atoms with Crippen molar-refractivity contribution in [1.29, 1.82) is 0 Å². The van der Waals surface area contributed by atoms with Gasteiger partial charge in [0.25, 0.3) is 0 Å². The molecule has 0 spiro atoms. The first kappa shape index (κ1) is 13.5. The molecule has 1 heterocycles. The van der Waals surface area contributed by atoms with Gasteiger partial charge in [-0.3, -0.25) is 4.98 Å². The Morgan fingerprint density at radius 1 is 1.31 bits per heavy atom. The van der Waals surface area contributed by atoms with E-state index in [1.807, 2.05) is 12.4 Å². The number of thioether (sulfide) groups is 1. The van der Waals surface area contributed by atoms with Crippen LogP contribution in [0.2, 0.25) is 0 Å². The van der Waals surface area contributed by atoms with Crippen LogP contribution in [-0.4, -0.2) is 23.0 Å². The Morgan fingerprint density at radius 2 is 2.06 bits per heavy atom. The summed E-state index contributed by atoms with van der Waals surface area (Å²) in [7, 11) is 0. The summed E-state index contributed by atoms with van der Waals surface area (Å²) in [6.45, 7) is 6.61. The van der Waals surface area contributed by atoms with E-state index in [9.17, 15) is 0 Å². The predicted molar refractivity (Wildman–Crippen MR) is 72.7 cm³/mol. The summed E-state index contributed by atoms with van der Waals surface area (Å²) < 4.78 is 0. The Kier molecular flexibility index (Phi) is 7.26. The maximum absolute atomic E-state index is 4.00. The van der Waals surface area contributed by atoms with Crippen molar-refractivity contribution >= 4 is 11.8 Å². The third-order valence-corrected chi connectivity index (χ3v) is 3.65. The number of nitrogens with one attached hydrogen (secondary N) is 1. The molecule has 0 radical (unpaired) electrons. The average Bonchev–Trinajstić information content (AvgIpc) is 2.29. The first-order valence-corrected chi connectivity index (χ1v) is 7.12.